The monoisotopic (exact) mass is 273 g/mol. The largest absolute Gasteiger partial charge is 0.573 e. The third kappa shape index (κ3) is 5.29. The molecular formula is C8H6Cl2F3OSi. The van der Waals surface area contributed by atoms with E-state index in [9.17, 15) is 13.2 Å². The van der Waals surface area contributed by atoms with Crippen LogP contribution in [0.4, 0.5) is 13.2 Å². The van der Waals surface area contributed by atoms with Gasteiger partial charge in [0.1, 0.15) is 5.75 Å². The third-order valence-electron chi connectivity index (χ3n) is 1.49. The highest BCUT2D eigenvalue weighted by Gasteiger charge is 2.30. The molecule has 0 aliphatic carbocycles. The number of rotatable bonds is 3. The van der Waals surface area contributed by atoms with Gasteiger partial charge in [0.2, 0.25) is 0 Å². The van der Waals surface area contributed by atoms with Gasteiger partial charge in [-0.25, -0.2) is 0 Å². The van der Waals surface area contributed by atoms with E-state index < -0.39 is 13.8 Å². The highest BCUT2D eigenvalue weighted by atomic mass is 35.7. The van der Waals surface area contributed by atoms with Crippen molar-refractivity contribution in [2.45, 2.75) is 12.4 Å². The van der Waals surface area contributed by atoms with Crippen molar-refractivity contribution in [3.05, 3.63) is 29.8 Å². The number of benzene rings is 1. The van der Waals surface area contributed by atoms with E-state index in [1.54, 1.807) is 0 Å². The molecule has 83 valence electrons. The van der Waals surface area contributed by atoms with Crippen molar-refractivity contribution in [1.82, 2.24) is 0 Å². The summed E-state index contributed by atoms with van der Waals surface area (Å²) in [6.07, 6.45) is -4.66. The Morgan fingerprint density at radius 1 is 1.13 bits per heavy atom. The minimum Gasteiger partial charge on any atom is -0.406 e. The zero-order valence-corrected chi connectivity index (χ0v) is 9.83. The van der Waals surface area contributed by atoms with Crippen LogP contribution in [0.15, 0.2) is 24.3 Å². The molecule has 0 saturated carbocycles. The Morgan fingerprint density at radius 3 is 2.07 bits per heavy atom. The van der Waals surface area contributed by atoms with Crippen LogP contribution in [0.5, 0.6) is 5.75 Å². The maximum atomic E-state index is 11.8. The third-order valence-corrected chi connectivity index (χ3v) is 2.97. The summed E-state index contributed by atoms with van der Waals surface area (Å²) < 4.78 is 39.1. The lowest BCUT2D eigenvalue weighted by atomic mass is 10.2. The zero-order valence-electron chi connectivity index (χ0n) is 7.31. The Kier molecular flexibility index (Phi) is 4.30. The fourth-order valence-electron chi connectivity index (χ4n) is 0.963. The molecule has 1 radical (unpaired) electrons. The van der Waals surface area contributed by atoms with Crippen molar-refractivity contribution < 1.29 is 17.9 Å². The van der Waals surface area contributed by atoms with Crippen molar-refractivity contribution in [3.8, 4) is 5.75 Å². The van der Waals surface area contributed by atoms with Crippen LogP contribution in [0.1, 0.15) is 5.56 Å². The van der Waals surface area contributed by atoms with Gasteiger partial charge in [0.05, 0.1) is 0 Å². The molecule has 1 rings (SSSR count). The lowest BCUT2D eigenvalue weighted by molar-refractivity contribution is -0.274. The minimum absolute atomic E-state index is 0.246. The average Bonchev–Trinajstić information content (AvgIpc) is 2.05. The van der Waals surface area contributed by atoms with Gasteiger partial charge in [-0.2, -0.15) is 0 Å². The van der Waals surface area contributed by atoms with Crippen molar-refractivity contribution in [2.24, 2.45) is 0 Å². The first-order valence-electron chi connectivity index (χ1n) is 3.88. The number of hydrogen-bond acceptors (Lipinski definition) is 1. The lowest BCUT2D eigenvalue weighted by Crippen LogP contribution is -2.17. The van der Waals surface area contributed by atoms with Gasteiger partial charge in [0, 0.05) is 0 Å². The van der Waals surface area contributed by atoms with Crippen molar-refractivity contribution in [1.29, 1.82) is 0 Å². The quantitative estimate of drug-likeness (QED) is 0.604. The highest BCUT2D eigenvalue weighted by Crippen LogP contribution is 2.23. The Hall–Kier alpha value is -0.393. The normalized spacial score (nSPS) is 11.9. The van der Waals surface area contributed by atoms with Crippen LogP contribution in [0, 0.1) is 0 Å². The second kappa shape index (κ2) is 5.09. The van der Waals surface area contributed by atoms with Crippen molar-refractivity contribution >= 4 is 29.6 Å². The first-order valence-corrected chi connectivity index (χ1v) is 7.61. The zero-order chi connectivity index (χ0) is 11.5. The summed E-state index contributed by atoms with van der Waals surface area (Å²) >= 11 is 11.2. The van der Waals surface area contributed by atoms with Gasteiger partial charge in [0.15, 0.2) is 0 Å². The van der Waals surface area contributed by atoms with Crippen LogP contribution in [-0.4, -0.2) is 13.8 Å². The maximum absolute atomic E-state index is 11.8. The number of halogens is 5. The van der Waals surface area contributed by atoms with Crippen LogP contribution in [0.2, 0.25) is 0 Å². The lowest BCUT2D eigenvalue weighted by Gasteiger charge is -2.09. The fourth-order valence-corrected chi connectivity index (χ4v) is 2.43. The molecule has 0 bridgehead atoms. The summed E-state index contributed by atoms with van der Waals surface area (Å²) in [7, 11) is -1.45. The van der Waals surface area contributed by atoms with Crippen LogP contribution in [0.25, 0.3) is 0 Å². The minimum atomic E-state index is -4.66. The van der Waals surface area contributed by atoms with Crippen molar-refractivity contribution in [2.75, 3.05) is 0 Å². The predicted molar refractivity (Wildman–Crippen MR) is 54.3 cm³/mol. The van der Waals surface area contributed by atoms with E-state index in [2.05, 4.69) is 4.74 Å². The molecule has 0 N–H and O–H groups in total. The van der Waals surface area contributed by atoms with Crippen LogP contribution < -0.4 is 4.74 Å². The van der Waals surface area contributed by atoms with E-state index in [1.165, 1.54) is 24.3 Å². The summed E-state index contributed by atoms with van der Waals surface area (Å²) in [5.74, 6) is -0.246. The van der Waals surface area contributed by atoms with E-state index in [0.717, 1.165) is 5.56 Å². The molecule has 0 aromatic heterocycles. The molecule has 1 aromatic rings. The molecule has 0 fully saturated rings. The fraction of sp³-hybridized carbons (Fsp3) is 0.250. The smallest absolute Gasteiger partial charge is 0.406 e. The highest BCUT2D eigenvalue weighted by molar-refractivity contribution is 7.33. The molecule has 1 aromatic carbocycles. The Labute approximate surface area is 95.8 Å². The molecule has 0 saturated heterocycles. The molecule has 0 unspecified atom stereocenters. The van der Waals surface area contributed by atoms with Crippen LogP contribution >= 0.6 is 22.2 Å². The molecular weight excluding hydrogens is 268 g/mol. The average molecular weight is 274 g/mol. The van der Waals surface area contributed by atoms with Crippen molar-refractivity contribution in [3.63, 3.8) is 0 Å². The van der Waals surface area contributed by atoms with Gasteiger partial charge in [-0.05, 0) is 23.7 Å². The molecule has 0 aliphatic rings. The summed E-state index contributed by atoms with van der Waals surface area (Å²) in [6, 6.07) is 5.98. The molecule has 7 heteroatoms. The van der Waals surface area contributed by atoms with Gasteiger partial charge < -0.3 is 4.74 Å². The number of ether oxygens (including phenoxy) is 1. The summed E-state index contributed by atoms with van der Waals surface area (Å²) in [6.45, 7) is 0. The molecule has 0 amide bonds. The van der Waals surface area contributed by atoms with E-state index >= 15 is 0 Å². The molecule has 0 atom stereocenters. The molecule has 15 heavy (non-hydrogen) atoms. The Bertz CT molecular complexity index is 313. The van der Waals surface area contributed by atoms with Gasteiger partial charge in [-0.15, -0.1) is 35.3 Å². The molecule has 0 aliphatic heterocycles. The summed E-state index contributed by atoms with van der Waals surface area (Å²) in [5.41, 5.74) is 0.795. The maximum Gasteiger partial charge on any atom is 0.573 e. The van der Waals surface area contributed by atoms with Gasteiger partial charge in [0.25, 0.3) is 7.42 Å². The Balaban J connectivity index is 2.64. The SMILES string of the molecule is FC(F)(F)Oc1ccc(C[Si](Cl)Cl)cc1. The topological polar surface area (TPSA) is 9.23 Å². The number of alkyl halides is 3. The van der Waals surface area contributed by atoms with Crippen LogP contribution in [-0.2, 0) is 6.04 Å². The van der Waals surface area contributed by atoms with E-state index in [-0.39, 0.29) is 5.75 Å². The van der Waals surface area contributed by atoms with Gasteiger partial charge in [-0.1, -0.05) is 12.1 Å². The number of hydrogen-bond donors (Lipinski definition) is 0. The summed E-state index contributed by atoms with van der Waals surface area (Å²) in [4.78, 5) is 0. The first-order chi connectivity index (χ1) is 6.87. The van der Waals surface area contributed by atoms with Crippen LogP contribution in [0.3, 0.4) is 0 Å². The first kappa shape index (κ1) is 12.7. The van der Waals surface area contributed by atoms with E-state index in [0.29, 0.717) is 6.04 Å². The van der Waals surface area contributed by atoms with E-state index in [1.807, 2.05) is 0 Å². The Morgan fingerprint density at radius 2 is 1.67 bits per heavy atom. The van der Waals surface area contributed by atoms with E-state index in [4.69, 9.17) is 22.2 Å². The van der Waals surface area contributed by atoms with Gasteiger partial charge >= 0.3 is 6.36 Å². The summed E-state index contributed by atoms with van der Waals surface area (Å²) in [5, 5.41) is 0. The standard InChI is InChI=1S/C8H6Cl2F3OSi/c9-15(10)5-6-1-3-7(4-2-6)14-8(11,12)13/h1-4H,5H2. The molecule has 0 heterocycles. The second-order valence-electron chi connectivity index (χ2n) is 2.71. The second-order valence-corrected chi connectivity index (χ2v) is 7.06. The molecule has 0 spiro atoms. The predicted octanol–water partition coefficient (Wildman–Crippen LogP) is 3.63. The van der Waals surface area contributed by atoms with Gasteiger partial charge in [-0.3, -0.25) is 0 Å². The molecule has 1 nitrogen and oxygen atoms in total.